The number of methoxy groups -OCH3 is 2. The number of halogens is 3. The summed E-state index contributed by atoms with van der Waals surface area (Å²) in [7, 11) is 2.97. The molecule has 0 fully saturated rings. The Labute approximate surface area is 175 Å². The molecular formula is C21H18F3N3O4. The molecule has 0 spiro atoms. The summed E-state index contributed by atoms with van der Waals surface area (Å²) in [5.74, 6) is 0.313. The lowest BCUT2D eigenvalue weighted by Crippen LogP contribution is -2.29. The van der Waals surface area contributed by atoms with Crippen molar-refractivity contribution in [2.45, 2.75) is 12.7 Å². The summed E-state index contributed by atoms with van der Waals surface area (Å²) in [4.78, 5) is 24.5. The maximum absolute atomic E-state index is 12.8. The van der Waals surface area contributed by atoms with Crippen molar-refractivity contribution in [2.75, 3.05) is 19.5 Å². The van der Waals surface area contributed by atoms with Crippen LogP contribution < -0.4 is 20.3 Å². The predicted molar refractivity (Wildman–Crippen MR) is 107 cm³/mol. The van der Waals surface area contributed by atoms with E-state index < -0.39 is 29.8 Å². The molecule has 0 aliphatic heterocycles. The van der Waals surface area contributed by atoms with Gasteiger partial charge in [-0.05, 0) is 42.5 Å². The van der Waals surface area contributed by atoms with E-state index in [1.807, 2.05) is 0 Å². The first-order chi connectivity index (χ1) is 14.7. The molecule has 10 heteroatoms. The van der Waals surface area contributed by atoms with Gasteiger partial charge in [0.15, 0.2) is 0 Å². The zero-order valence-electron chi connectivity index (χ0n) is 16.6. The number of aromatic nitrogens is 2. The van der Waals surface area contributed by atoms with E-state index in [0.717, 1.165) is 16.8 Å². The van der Waals surface area contributed by atoms with Gasteiger partial charge in [0.05, 0.1) is 25.5 Å². The van der Waals surface area contributed by atoms with Crippen LogP contribution in [0.5, 0.6) is 11.5 Å². The molecule has 0 aliphatic carbocycles. The molecule has 1 amide bonds. The second kappa shape index (κ2) is 8.90. The molecule has 0 unspecified atom stereocenters. The third-order valence-corrected chi connectivity index (χ3v) is 4.32. The van der Waals surface area contributed by atoms with Gasteiger partial charge in [0.1, 0.15) is 18.0 Å². The van der Waals surface area contributed by atoms with Crippen molar-refractivity contribution in [3.05, 3.63) is 70.5 Å². The summed E-state index contributed by atoms with van der Waals surface area (Å²) in [6.07, 6.45) is -4.54. The molecule has 0 saturated carbocycles. The zero-order chi connectivity index (χ0) is 22.6. The SMILES string of the molecule is COc1ccc(OC)c(-c2ccc(=O)n(CC(=O)Nc3cccc(C(F)(F)F)c3)n2)c1. The number of benzene rings is 2. The van der Waals surface area contributed by atoms with E-state index in [9.17, 15) is 22.8 Å². The summed E-state index contributed by atoms with van der Waals surface area (Å²) in [5.41, 5.74) is -0.605. The zero-order valence-corrected chi connectivity index (χ0v) is 16.6. The molecule has 3 rings (SSSR count). The molecular weight excluding hydrogens is 415 g/mol. The Bertz CT molecular complexity index is 1160. The molecule has 0 radical (unpaired) electrons. The predicted octanol–water partition coefficient (Wildman–Crippen LogP) is 3.59. The van der Waals surface area contributed by atoms with E-state index in [1.54, 1.807) is 18.2 Å². The minimum Gasteiger partial charge on any atom is -0.497 e. The van der Waals surface area contributed by atoms with E-state index in [1.165, 1.54) is 38.5 Å². The number of ether oxygens (including phenoxy) is 2. The van der Waals surface area contributed by atoms with Gasteiger partial charge in [-0.1, -0.05) is 6.07 Å². The van der Waals surface area contributed by atoms with Gasteiger partial charge in [0.2, 0.25) is 5.91 Å². The van der Waals surface area contributed by atoms with Crippen LogP contribution in [-0.2, 0) is 17.5 Å². The van der Waals surface area contributed by atoms with Crippen molar-refractivity contribution in [3.63, 3.8) is 0 Å². The fraction of sp³-hybridized carbons (Fsp3) is 0.190. The first kappa shape index (κ1) is 21.9. The largest absolute Gasteiger partial charge is 0.497 e. The molecule has 3 aromatic rings. The summed E-state index contributed by atoms with van der Waals surface area (Å²) in [6, 6.07) is 11.9. The highest BCUT2D eigenvalue weighted by atomic mass is 19.4. The lowest BCUT2D eigenvalue weighted by Gasteiger charge is -2.12. The average molecular weight is 433 g/mol. The monoisotopic (exact) mass is 433 g/mol. The van der Waals surface area contributed by atoms with Gasteiger partial charge in [0, 0.05) is 17.3 Å². The second-order valence-electron chi connectivity index (χ2n) is 6.41. The minimum absolute atomic E-state index is 0.0431. The van der Waals surface area contributed by atoms with Crippen LogP contribution in [0.2, 0.25) is 0 Å². The van der Waals surface area contributed by atoms with Crippen LogP contribution >= 0.6 is 0 Å². The number of hydrogen-bond donors (Lipinski definition) is 1. The minimum atomic E-state index is -4.54. The third-order valence-electron chi connectivity index (χ3n) is 4.32. The number of nitrogens with zero attached hydrogens (tertiary/aromatic N) is 2. The van der Waals surface area contributed by atoms with Crippen LogP contribution in [0, 0.1) is 0 Å². The van der Waals surface area contributed by atoms with Crippen molar-refractivity contribution in [2.24, 2.45) is 0 Å². The van der Waals surface area contributed by atoms with Gasteiger partial charge in [-0.2, -0.15) is 18.3 Å². The average Bonchev–Trinajstić information content (AvgIpc) is 2.74. The molecule has 2 aromatic carbocycles. The van der Waals surface area contributed by atoms with Crippen molar-refractivity contribution in [1.29, 1.82) is 0 Å². The molecule has 1 aromatic heterocycles. The highest BCUT2D eigenvalue weighted by molar-refractivity contribution is 5.90. The Morgan fingerprint density at radius 3 is 2.52 bits per heavy atom. The van der Waals surface area contributed by atoms with Crippen LogP contribution in [0.15, 0.2) is 59.4 Å². The molecule has 162 valence electrons. The van der Waals surface area contributed by atoms with Crippen molar-refractivity contribution >= 4 is 11.6 Å². The summed E-state index contributed by atoms with van der Waals surface area (Å²) < 4.78 is 49.9. The smallest absolute Gasteiger partial charge is 0.416 e. The first-order valence-corrected chi connectivity index (χ1v) is 8.99. The molecule has 7 nitrogen and oxygen atoms in total. The van der Waals surface area contributed by atoms with Gasteiger partial charge in [-0.25, -0.2) is 4.68 Å². The maximum Gasteiger partial charge on any atom is 0.416 e. The fourth-order valence-electron chi connectivity index (χ4n) is 2.83. The summed E-state index contributed by atoms with van der Waals surface area (Å²) in [5, 5.41) is 6.54. The van der Waals surface area contributed by atoms with E-state index in [0.29, 0.717) is 22.8 Å². The Morgan fingerprint density at radius 1 is 1.06 bits per heavy atom. The van der Waals surface area contributed by atoms with E-state index in [2.05, 4.69) is 10.4 Å². The number of nitrogens with one attached hydrogen (secondary N) is 1. The van der Waals surface area contributed by atoms with E-state index in [-0.39, 0.29) is 5.69 Å². The summed E-state index contributed by atoms with van der Waals surface area (Å²) >= 11 is 0. The lowest BCUT2D eigenvalue weighted by atomic mass is 10.1. The molecule has 1 heterocycles. The molecule has 31 heavy (non-hydrogen) atoms. The molecule has 1 N–H and O–H groups in total. The van der Waals surface area contributed by atoms with Crippen LogP contribution in [-0.4, -0.2) is 29.9 Å². The van der Waals surface area contributed by atoms with Crippen molar-refractivity contribution in [3.8, 4) is 22.8 Å². The van der Waals surface area contributed by atoms with E-state index in [4.69, 9.17) is 9.47 Å². The van der Waals surface area contributed by atoms with Gasteiger partial charge < -0.3 is 14.8 Å². The second-order valence-corrected chi connectivity index (χ2v) is 6.41. The number of anilines is 1. The Hall–Kier alpha value is -3.82. The highest BCUT2D eigenvalue weighted by Gasteiger charge is 2.30. The topological polar surface area (TPSA) is 82.5 Å². The Morgan fingerprint density at radius 2 is 1.84 bits per heavy atom. The lowest BCUT2D eigenvalue weighted by molar-refractivity contribution is -0.137. The van der Waals surface area contributed by atoms with Crippen LogP contribution in [0.3, 0.4) is 0 Å². The molecule has 0 saturated heterocycles. The van der Waals surface area contributed by atoms with Gasteiger partial charge in [-0.3, -0.25) is 9.59 Å². The third kappa shape index (κ3) is 5.21. The molecule has 0 bridgehead atoms. The standard InChI is InChI=1S/C21H18F3N3O4/c1-30-15-6-8-18(31-2)16(11-15)17-7-9-20(29)27(26-17)12-19(28)25-14-5-3-4-13(10-14)21(22,23)24/h3-11H,12H2,1-2H3,(H,25,28). The number of alkyl halides is 3. The first-order valence-electron chi connectivity index (χ1n) is 8.99. The van der Waals surface area contributed by atoms with Crippen molar-refractivity contribution < 1.29 is 27.4 Å². The molecule has 0 atom stereocenters. The fourth-order valence-corrected chi connectivity index (χ4v) is 2.83. The summed E-state index contributed by atoms with van der Waals surface area (Å²) in [6.45, 7) is -0.491. The van der Waals surface area contributed by atoms with Crippen LogP contribution in [0.1, 0.15) is 5.56 Å². The van der Waals surface area contributed by atoms with Gasteiger partial charge in [0.25, 0.3) is 5.56 Å². The highest BCUT2D eigenvalue weighted by Crippen LogP contribution is 2.32. The Kier molecular flexibility index (Phi) is 6.28. The Balaban J connectivity index is 1.85. The quantitative estimate of drug-likeness (QED) is 0.643. The van der Waals surface area contributed by atoms with E-state index >= 15 is 0 Å². The molecule has 0 aliphatic rings. The number of hydrogen-bond acceptors (Lipinski definition) is 5. The van der Waals surface area contributed by atoms with Crippen LogP contribution in [0.4, 0.5) is 18.9 Å². The number of carbonyl (C=O) groups excluding carboxylic acids is 1. The normalized spacial score (nSPS) is 11.1. The van der Waals surface area contributed by atoms with Crippen molar-refractivity contribution in [1.82, 2.24) is 9.78 Å². The number of amides is 1. The number of carbonyl (C=O) groups is 1. The number of rotatable bonds is 6. The van der Waals surface area contributed by atoms with Crippen LogP contribution in [0.25, 0.3) is 11.3 Å². The van der Waals surface area contributed by atoms with Gasteiger partial charge >= 0.3 is 6.18 Å². The van der Waals surface area contributed by atoms with Gasteiger partial charge in [-0.15, -0.1) is 0 Å². The maximum atomic E-state index is 12.8.